The molecule has 3 rings (SSSR count). The summed E-state index contributed by atoms with van der Waals surface area (Å²) in [4.78, 5) is 18.2. The van der Waals surface area contributed by atoms with Gasteiger partial charge in [0.15, 0.2) is 0 Å². The summed E-state index contributed by atoms with van der Waals surface area (Å²) >= 11 is 7.74. The Balaban J connectivity index is 2.22. The molecule has 5 heteroatoms. The topological polar surface area (TPSA) is 41.5 Å². The van der Waals surface area contributed by atoms with Crippen molar-refractivity contribution >= 4 is 40.2 Å². The molecule has 0 fully saturated rings. The fraction of sp³-hybridized carbons (Fsp3) is 0.250. The van der Waals surface area contributed by atoms with Crippen LogP contribution in [0.1, 0.15) is 24.3 Å². The van der Waals surface area contributed by atoms with Gasteiger partial charge in [-0.05, 0) is 35.6 Å². The van der Waals surface area contributed by atoms with Gasteiger partial charge in [-0.3, -0.25) is 9.79 Å². The Labute approximate surface area is 132 Å². The van der Waals surface area contributed by atoms with E-state index in [4.69, 9.17) is 16.6 Å². The number of thiophene rings is 1. The third-order valence-electron chi connectivity index (χ3n) is 3.42. The van der Waals surface area contributed by atoms with Gasteiger partial charge in [-0.2, -0.15) is 0 Å². The fourth-order valence-corrected chi connectivity index (χ4v) is 3.26. The predicted molar refractivity (Wildman–Crippen MR) is 88.7 cm³/mol. The molecule has 0 saturated carbocycles. The van der Waals surface area contributed by atoms with Gasteiger partial charge in [0.25, 0.3) is 0 Å². The van der Waals surface area contributed by atoms with Crippen molar-refractivity contribution in [3.05, 3.63) is 51.2 Å². The third kappa shape index (κ3) is 2.74. The SMILES string of the molecule is CC(C)C1N=C(c2cccs2)c2cc(Cl)ccc2NC1=O. The van der Waals surface area contributed by atoms with Crippen LogP contribution in [0, 0.1) is 5.92 Å². The number of amides is 1. The zero-order chi connectivity index (χ0) is 15.0. The predicted octanol–water partition coefficient (Wildman–Crippen LogP) is 4.22. The van der Waals surface area contributed by atoms with Crippen molar-refractivity contribution in [3.63, 3.8) is 0 Å². The minimum Gasteiger partial charge on any atom is -0.324 e. The van der Waals surface area contributed by atoms with Gasteiger partial charge in [0.1, 0.15) is 6.04 Å². The van der Waals surface area contributed by atoms with Crippen molar-refractivity contribution < 1.29 is 4.79 Å². The molecule has 1 amide bonds. The first kappa shape index (κ1) is 14.3. The van der Waals surface area contributed by atoms with Crippen LogP contribution in [-0.2, 0) is 4.79 Å². The Morgan fingerprint density at radius 3 is 2.81 bits per heavy atom. The van der Waals surface area contributed by atoms with E-state index >= 15 is 0 Å². The second-order valence-corrected chi connectivity index (χ2v) is 6.71. The lowest BCUT2D eigenvalue weighted by Gasteiger charge is -2.14. The number of aliphatic imine (C=N–C) groups is 1. The van der Waals surface area contributed by atoms with Gasteiger partial charge in [-0.1, -0.05) is 31.5 Å². The van der Waals surface area contributed by atoms with Crippen LogP contribution >= 0.6 is 22.9 Å². The molecule has 0 saturated heterocycles. The molecule has 0 spiro atoms. The Morgan fingerprint density at radius 2 is 2.14 bits per heavy atom. The number of hydrogen-bond acceptors (Lipinski definition) is 3. The summed E-state index contributed by atoms with van der Waals surface area (Å²) in [5, 5.41) is 5.61. The Kier molecular flexibility index (Phi) is 3.83. The molecule has 0 bridgehead atoms. The van der Waals surface area contributed by atoms with Crippen LogP contribution in [0.25, 0.3) is 0 Å². The van der Waals surface area contributed by atoms with Crippen LogP contribution in [0.3, 0.4) is 0 Å². The summed E-state index contributed by atoms with van der Waals surface area (Å²) in [7, 11) is 0. The second-order valence-electron chi connectivity index (χ2n) is 5.32. The van der Waals surface area contributed by atoms with Crippen LogP contribution in [0.2, 0.25) is 5.02 Å². The van der Waals surface area contributed by atoms with E-state index in [1.54, 1.807) is 17.4 Å². The molecule has 1 unspecified atom stereocenters. The van der Waals surface area contributed by atoms with E-state index < -0.39 is 6.04 Å². The van der Waals surface area contributed by atoms with Gasteiger partial charge >= 0.3 is 0 Å². The molecule has 108 valence electrons. The molecule has 1 aliphatic rings. The number of carbonyl (C=O) groups is 1. The number of benzene rings is 1. The van der Waals surface area contributed by atoms with Gasteiger partial charge in [0.2, 0.25) is 5.91 Å². The average molecular weight is 319 g/mol. The number of nitrogens with one attached hydrogen (secondary N) is 1. The first-order valence-electron chi connectivity index (χ1n) is 6.78. The highest BCUT2D eigenvalue weighted by Crippen LogP contribution is 2.29. The molecule has 1 aromatic carbocycles. The van der Waals surface area contributed by atoms with Crippen molar-refractivity contribution in [2.45, 2.75) is 19.9 Å². The van der Waals surface area contributed by atoms with Crippen LogP contribution in [0.5, 0.6) is 0 Å². The van der Waals surface area contributed by atoms with Crippen molar-refractivity contribution in [1.29, 1.82) is 0 Å². The van der Waals surface area contributed by atoms with Crippen LogP contribution < -0.4 is 5.32 Å². The zero-order valence-electron chi connectivity index (χ0n) is 11.8. The van der Waals surface area contributed by atoms with Crippen molar-refractivity contribution in [1.82, 2.24) is 0 Å². The largest absolute Gasteiger partial charge is 0.324 e. The fourth-order valence-electron chi connectivity index (χ4n) is 2.36. The number of fused-ring (bicyclic) bond motifs is 1. The maximum absolute atomic E-state index is 12.4. The highest BCUT2D eigenvalue weighted by atomic mass is 35.5. The van der Waals surface area contributed by atoms with Gasteiger partial charge in [-0.15, -0.1) is 11.3 Å². The number of halogens is 1. The standard InChI is InChI=1S/C16H15ClN2OS/c1-9(2)14-16(20)18-12-6-5-10(17)8-11(12)15(19-14)13-4-3-7-21-13/h3-9,14H,1-2H3,(H,18,20). The summed E-state index contributed by atoms with van der Waals surface area (Å²) in [5.41, 5.74) is 2.47. The van der Waals surface area contributed by atoms with Gasteiger partial charge in [-0.25, -0.2) is 0 Å². The molecule has 2 heterocycles. The average Bonchev–Trinajstić information content (AvgIpc) is 2.91. The molecule has 21 heavy (non-hydrogen) atoms. The molecule has 1 N–H and O–H groups in total. The zero-order valence-corrected chi connectivity index (χ0v) is 13.3. The maximum atomic E-state index is 12.4. The molecule has 0 aliphatic carbocycles. The summed E-state index contributed by atoms with van der Waals surface area (Å²) in [6.07, 6.45) is 0. The maximum Gasteiger partial charge on any atom is 0.249 e. The lowest BCUT2D eigenvalue weighted by atomic mass is 10.0. The van der Waals surface area contributed by atoms with E-state index in [0.717, 1.165) is 21.8 Å². The molecule has 0 radical (unpaired) electrons. The van der Waals surface area contributed by atoms with E-state index in [0.29, 0.717) is 5.02 Å². The first-order chi connectivity index (χ1) is 10.1. The molecular formula is C16H15ClN2OS. The Bertz CT molecular complexity index is 707. The highest BCUT2D eigenvalue weighted by Gasteiger charge is 2.28. The van der Waals surface area contributed by atoms with Gasteiger partial charge in [0, 0.05) is 10.6 Å². The number of carbonyl (C=O) groups excluding carboxylic acids is 1. The minimum atomic E-state index is -0.395. The van der Waals surface area contributed by atoms with Crippen molar-refractivity contribution in [2.75, 3.05) is 5.32 Å². The lowest BCUT2D eigenvalue weighted by Crippen LogP contribution is -2.30. The number of benzodiazepines with no additional fused rings is 1. The van der Waals surface area contributed by atoms with Crippen LogP contribution in [0.15, 0.2) is 40.7 Å². The summed E-state index contributed by atoms with van der Waals surface area (Å²) < 4.78 is 0. The third-order valence-corrected chi connectivity index (χ3v) is 4.53. The smallest absolute Gasteiger partial charge is 0.249 e. The molecule has 3 nitrogen and oxygen atoms in total. The summed E-state index contributed by atoms with van der Waals surface area (Å²) in [6.45, 7) is 4.01. The molecule has 1 aromatic heterocycles. The molecule has 1 aliphatic heterocycles. The minimum absolute atomic E-state index is 0.0693. The monoisotopic (exact) mass is 318 g/mol. The summed E-state index contributed by atoms with van der Waals surface area (Å²) in [6, 6.07) is 9.08. The Morgan fingerprint density at radius 1 is 1.33 bits per heavy atom. The molecule has 2 aromatic rings. The van der Waals surface area contributed by atoms with Gasteiger partial charge < -0.3 is 5.32 Å². The van der Waals surface area contributed by atoms with Crippen LogP contribution in [-0.4, -0.2) is 17.7 Å². The number of anilines is 1. The molecular weight excluding hydrogens is 304 g/mol. The summed E-state index contributed by atoms with van der Waals surface area (Å²) in [5.74, 6) is 0.0601. The van der Waals surface area contributed by atoms with E-state index in [1.165, 1.54) is 0 Å². The van der Waals surface area contributed by atoms with E-state index in [2.05, 4.69) is 5.32 Å². The number of rotatable bonds is 2. The van der Waals surface area contributed by atoms with Gasteiger partial charge in [0.05, 0.1) is 16.3 Å². The highest BCUT2D eigenvalue weighted by molar-refractivity contribution is 7.12. The van der Waals surface area contributed by atoms with E-state index in [9.17, 15) is 4.79 Å². The second kappa shape index (κ2) is 5.62. The quantitative estimate of drug-likeness (QED) is 0.885. The van der Waals surface area contributed by atoms with Crippen LogP contribution in [0.4, 0.5) is 5.69 Å². The Hall–Kier alpha value is -1.65. The van der Waals surface area contributed by atoms with Crippen molar-refractivity contribution in [2.24, 2.45) is 10.9 Å². The van der Waals surface area contributed by atoms with E-state index in [-0.39, 0.29) is 11.8 Å². The van der Waals surface area contributed by atoms with E-state index in [1.807, 2.05) is 43.5 Å². The van der Waals surface area contributed by atoms with Crippen molar-refractivity contribution in [3.8, 4) is 0 Å². The number of hydrogen-bond donors (Lipinski definition) is 1. The first-order valence-corrected chi connectivity index (χ1v) is 8.04. The molecule has 1 atom stereocenters. The lowest BCUT2D eigenvalue weighted by molar-refractivity contribution is -0.118. The normalized spacial score (nSPS) is 18.0. The number of nitrogens with zero attached hydrogens (tertiary/aromatic N) is 1.